The maximum Gasteiger partial charge on any atom is 0.234 e. The number of carbonyl (C=O) groups excluding carboxylic acids is 1. The second-order valence-corrected chi connectivity index (χ2v) is 8.36. The maximum absolute atomic E-state index is 12.3. The summed E-state index contributed by atoms with van der Waals surface area (Å²) in [5.74, 6) is 1.84. The van der Waals surface area contributed by atoms with Crippen molar-refractivity contribution in [2.75, 3.05) is 11.1 Å². The van der Waals surface area contributed by atoms with Crippen LogP contribution >= 0.6 is 11.8 Å². The van der Waals surface area contributed by atoms with E-state index in [0.29, 0.717) is 11.7 Å². The van der Waals surface area contributed by atoms with Gasteiger partial charge < -0.3 is 9.88 Å². The predicted octanol–water partition coefficient (Wildman–Crippen LogP) is 5.67. The molecule has 6 heteroatoms. The van der Waals surface area contributed by atoms with Crippen molar-refractivity contribution in [2.45, 2.75) is 83.8 Å². The van der Waals surface area contributed by atoms with Crippen molar-refractivity contribution in [2.24, 2.45) is 0 Å². The summed E-state index contributed by atoms with van der Waals surface area (Å²) >= 11 is 1.45. The number of amides is 1. The first-order valence-corrected chi connectivity index (χ1v) is 11.5. The van der Waals surface area contributed by atoms with E-state index in [9.17, 15) is 4.79 Å². The Bertz CT molecular complexity index is 725. The van der Waals surface area contributed by atoms with E-state index in [1.54, 1.807) is 0 Å². The zero-order valence-electron chi connectivity index (χ0n) is 17.7. The summed E-state index contributed by atoms with van der Waals surface area (Å²) in [4.78, 5) is 12.3. The number of unbranched alkanes of at least 4 members (excludes halogenated alkanes) is 4. The van der Waals surface area contributed by atoms with Gasteiger partial charge in [-0.25, -0.2) is 0 Å². The van der Waals surface area contributed by atoms with Crippen LogP contribution in [0.3, 0.4) is 0 Å². The van der Waals surface area contributed by atoms with Crippen molar-refractivity contribution in [1.82, 2.24) is 14.8 Å². The molecular weight excluding hydrogens is 368 g/mol. The quantitative estimate of drug-likeness (QED) is 0.367. The van der Waals surface area contributed by atoms with Gasteiger partial charge in [0, 0.05) is 18.7 Å². The molecule has 0 bridgehead atoms. The average molecular weight is 403 g/mol. The lowest BCUT2D eigenvalue weighted by Gasteiger charge is -2.09. The number of hydrogen-bond acceptors (Lipinski definition) is 4. The van der Waals surface area contributed by atoms with Crippen molar-refractivity contribution in [3.8, 4) is 0 Å². The molecule has 0 aliphatic carbocycles. The van der Waals surface area contributed by atoms with Crippen LogP contribution in [0.1, 0.15) is 77.1 Å². The molecule has 2 rings (SSSR count). The lowest BCUT2D eigenvalue weighted by molar-refractivity contribution is -0.113. The lowest BCUT2D eigenvalue weighted by atomic mass is 10.0. The third-order valence-electron chi connectivity index (χ3n) is 4.81. The Kier molecular flexibility index (Phi) is 9.55. The Hall–Kier alpha value is -1.82. The number of anilines is 1. The van der Waals surface area contributed by atoms with Gasteiger partial charge in [0.1, 0.15) is 5.82 Å². The minimum absolute atomic E-state index is 0.0194. The molecule has 0 unspecified atom stereocenters. The maximum atomic E-state index is 12.3. The second-order valence-electron chi connectivity index (χ2n) is 7.42. The fourth-order valence-electron chi connectivity index (χ4n) is 3.09. The molecule has 0 aliphatic rings. The van der Waals surface area contributed by atoms with Crippen LogP contribution < -0.4 is 5.32 Å². The molecule has 28 heavy (non-hydrogen) atoms. The van der Waals surface area contributed by atoms with E-state index in [0.717, 1.165) is 36.1 Å². The number of nitrogens with one attached hydrogen (secondary N) is 1. The fourth-order valence-corrected chi connectivity index (χ4v) is 3.91. The molecule has 1 N–H and O–H groups in total. The minimum atomic E-state index is -0.0194. The van der Waals surface area contributed by atoms with Gasteiger partial charge in [0.25, 0.3) is 0 Å². The Labute approximate surface area is 173 Å². The van der Waals surface area contributed by atoms with Gasteiger partial charge in [0.15, 0.2) is 5.16 Å². The molecule has 1 amide bonds. The van der Waals surface area contributed by atoms with Crippen molar-refractivity contribution in [3.05, 3.63) is 35.7 Å². The topological polar surface area (TPSA) is 59.8 Å². The predicted molar refractivity (Wildman–Crippen MR) is 118 cm³/mol. The molecule has 1 aromatic carbocycles. The molecule has 5 nitrogen and oxygen atoms in total. The van der Waals surface area contributed by atoms with Crippen LogP contribution in [0.15, 0.2) is 29.4 Å². The number of aromatic nitrogens is 3. The average Bonchev–Trinajstić information content (AvgIpc) is 3.08. The Morgan fingerprint density at radius 3 is 2.43 bits per heavy atom. The first-order valence-electron chi connectivity index (χ1n) is 10.5. The van der Waals surface area contributed by atoms with Gasteiger partial charge in [-0.1, -0.05) is 70.3 Å². The van der Waals surface area contributed by atoms with Crippen molar-refractivity contribution >= 4 is 23.4 Å². The first kappa shape index (κ1) is 22.5. The number of thioether (sulfide) groups is 1. The Balaban J connectivity index is 1.83. The molecular formula is C22H34N4OS. The lowest BCUT2D eigenvalue weighted by Crippen LogP contribution is -2.14. The number of aryl methyl sites for hydroxylation is 1. The largest absolute Gasteiger partial charge is 0.325 e. The van der Waals surface area contributed by atoms with E-state index >= 15 is 0 Å². The number of hydrogen-bond donors (Lipinski definition) is 1. The molecule has 1 heterocycles. The molecule has 1 aromatic heterocycles. The SMILES string of the molecule is CCCCCCCc1nnc(SCC(=O)Nc2ccc(C(C)C)cc2)n1CC. The zero-order valence-corrected chi connectivity index (χ0v) is 18.5. The fraction of sp³-hybridized carbons (Fsp3) is 0.591. The molecule has 154 valence electrons. The number of rotatable bonds is 12. The first-order chi connectivity index (χ1) is 13.5. The van der Waals surface area contributed by atoms with E-state index in [4.69, 9.17) is 0 Å². The zero-order chi connectivity index (χ0) is 20.4. The van der Waals surface area contributed by atoms with Crippen LogP contribution in [0, 0.1) is 0 Å². The normalized spacial score (nSPS) is 11.2. The molecule has 0 aliphatic heterocycles. The number of carbonyl (C=O) groups is 1. The summed E-state index contributed by atoms with van der Waals surface area (Å²) in [7, 11) is 0. The van der Waals surface area contributed by atoms with Gasteiger partial charge >= 0.3 is 0 Å². The van der Waals surface area contributed by atoms with Crippen LogP contribution in [0.4, 0.5) is 5.69 Å². The number of nitrogens with zero attached hydrogens (tertiary/aromatic N) is 3. The Morgan fingerprint density at radius 2 is 1.79 bits per heavy atom. The number of benzene rings is 1. The highest BCUT2D eigenvalue weighted by atomic mass is 32.2. The third-order valence-corrected chi connectivity index (χ3v) is 5.77. The summed E-state index contributed by atoms with van der Waals surface area (Å²) in [6, 6.07) is 8.05. The van der Waals surface area contributed by atoms with Gasteiger partial charge in [0.2, 0.25) is 5.91 Å². The highest BCUT2D eigenvalue weighted by Gasteiger charge is 2.13. The highest BCUT2D eigenvalue weighted by Crippen LogP contribution is 2.20. The molecule has 0 radical (unpaired) electrons. The van der Waals surface area contributed by atoms with Crippen LogP contribution in [-0.4, -0.2) is 26.4 Å². The van der Waals surface area contributed by atoms with Crippen LogP contribution in [-0.2, 0) is 17.8 Å². The van der Waals surface area contributed by atoms with E-state index in [1.165, 1.54) is 43.0 Å². The second kappa shape index (κ2) is 11.9. The summed E-state index contributed by atoms with van der Waals surface area (Å²) in [6.07, 6.45) is 7.20. The van der Waals surface area contributed by atoms with Gasteiger partial charge in [-0.2, -0.15) is 0 Å². The molecule has 0 atom stereocenters. The van der Waals surface area contributed by atoms with Gasteiger partial charge in [0.05, 0.1) is 5.75 Å². The molecule has 0 fully saturated rings. The molecule has 0 saturated carbocycles. The minimum Gasteiger partial charge on any atom is -0.325 e. The summed E-state index contributed by atoms with van der Waals surface area (Å²) in [5.41, 5.74) is 2.10. The summed E-state index contributed by atoms with van der Waals surface area (Å²) in [6.45, 7) is 9.48. The van der Waals surface area contributed by atoms with Crippen LogP contribution in [0.5, 0.6) is 0 Å². The highest BCUT2D eigenvalue weighted by molar-refractivity contribution is 7.99. The summed E-state index contributed by atoms with van der Waals surface area (Å²) < 4.78 is 2.13. The standard InChI is InChI=1S/C22H34N4OS/c1-5-7-8-9-10-11-20-24-25-22(26(20)6-2)28-16-21(27)23-19-14-12-18(13-15-19)17(3)4/h12-15,17H,5-11,16H2,1-4H3,(H,23,27). The molecule has 0 spiro atoms. The van der Waals surface area contributed by atoms with Crippen molar-refractivity contribution in [1.29, 1.82) is 0 Å². The van der Waals surface area contributed by atoms with Crippen LogP contribution in [0.2, 0.25) is 0 Å². The van der Waals surface area contributed by atoms with E-state index in [-0.39, 0.29) is 5.91 Å². The van der Waals surface area contributed by atoms with Crippen molar-refractivity contribution in [3.63, 3.8) is 0 Å². The Morgan fingerprint density at radius 1 is 1.07 bits per heavy atom. The van der Waals surface area contributed by atoms with E-state index in [1.807, 2.05) is 12.1 Å². The van der Waals surface area contributed by atoms with Gasteiger partial charge in [-0.05, 0) is 37.0 Å². The molecule has 0 saturated heterocycles. The van der Waals surface area contributed by atoms with Gasteiger partial charge in [-0.15, -0.1) is 10.2 Å². The monoisotopic (exact) mass is 402 g/mol. The third kappa shape index (κ3) is 6.97. The van der Waals surface area contributed by atoms with E-state index in [2.05, 4.69) is 59.9 Å². The summed E-state index contributed by atoms with van der Waals surface area (Å²) in [5, 5.41) is 12.5. The van der Waals surface area contributed by atoms with E-state index < -0.39 is 0 Å². The van der Waals surface area contributed by atoms with Crippen molar-refractivity contribution < 1.29 is 4.79 Å². The molecule has 2 aromatic rings. The smallest absolute Gasteiger partial charge is 0.234 e. The van der Waals surface area contributed by atoms with Crippen LogP contribution in [0.25, 0.3) is 0 Å². The van der Waals surface area contributed by atoms with Gasteiger partial charge in [-0.3, -0.25) is 4.79 Å².